The number of rotatable bonds is 0. The van der Waals surface area contributed by atoms with Gasteiger partial charge in [0.05, 0.1) is 6.20 Å². The lowest BCUT2D eigenvalue weighted by atomic mass is 10.5. The summed E-state index contributed by atoms with van der Waals surface area (Å²) in [5.41, 5.74) is 0.914. The zero-order valence-electron chi connectivity index (χ0n) is 5.41. The fourth-order valence-corrected chi connectivity index (χ4v) is 0.680. The number of fused-ring (bicyclic) bond motifs is 1. The second-order valence-corrected chi connectivity index (χ2v) is 1.67. The van der Waals surface area contributed by atoms with Gasteiger partial charge in [-0.25, -0.2) is 0 Å². The van der Waals surface area contributed by atoms with Gasteiger partial charge in [-0.1, -0.05) is 0 Å². The molecule has 11 heavy (non-hydrogen) atoms. The number of halogens is 2. The van der Waals surface area contributed by atoms with Gasteiger partial charge >= 0.3 is 0 Å². The van der Waals surface area contributed by atoms with Crippen LogP contribution in [0.15, 0.2) is 24.5 Å². The molecule has 0 aliphatic carbocycles. The van der Waals surface area contributed by atoms with Crippen molar-refractivity contribution in [2.24, 2.45) is 0 Å². The minimum atomic E-state index is 0. The molecule has 0 aliphatic rings. The average Bonchev–Trinajstić information content (AvgIpc) is 2.33. The summed E-state index contributed by atoms with van der Waals surface area (Å²) in [4.78, 5) is 0. The van der Waals surface area contributed by atoms with Gasteiger partial charge in [0.2, 0.25) is 0 Å². The van der Waals surface area contributed by atoms with E-state index in [2.05, 4.69) is 15.4 Å². The molecule has 4 nitrogen and oxygen atoms in total. The zero-order chi connectivity index (χ0) is 6.10. The molecule has 0 atom stereocenters. The van der Waals surface area contributed by atoms with E-state index in [-0.39, 0.29) is 24.8 Å². The molecule has 0 unspecified atom stereocenters. The van der Waals surface area contributed by atoms with Crippen LogP contribution >= 0.6 is 24.8 Å². The van der Waals surface area contributed by atoms with E-state index in [0.717, 1.165) is 5.52 Å². The summed E-state index contributed by atoms with van der Waals surface area (Å²) in [6.45, 7) is 0. The molecule has 60 valence electrons. The molecule has 0 fully saturated rings. The van der Waals surface area contributed by atoms with Crippen LogP contribution in [0.4, 0.5) is 0 Å². The standard InChI is InChI=1S/C5H4N4.2ClH/c1-2-5-4-6-8-9(5)7-3-1;;/h1-4H;2*1H. The highest BCUT2D eigenvalue weighted by atomic mass is 35.5. The van der Waals surface area contributed by atoms with E-state index < -0.39 is 0 Å². The minimum absolute atomic E-state index is 0. The lowest BCUT2D eigenvalue weighted by Gasteiger charge is -1.83. The van der Waals surface area contributed by atoms with Gasteiger partial charge in [0, 0.05) is 6.20 Å². The van der Waals surface area contributed by atoms with Crippen molar-refractivity contribution >= 4 is 30.3 Å². The Morgan fingerprint density at radius 1 is 1.27 bits per heavy atom. The first-order valence-electron chi connectivity index (χ1n) is 2.58. The molecular formula is C5H6Cl2N4. The van der Waals surface area contributed by atoms with E-state index >= 15 is 0 Å². The van der Waals surface area contributed by atoms with Crippen molar-refractivity contribution in [1.82, 2.24) is 20.0 Å². The molecule has 0 aromatic carbocycles. The maximum atomic E-state index is 3.88. The van der Waals surface area contributed by atoms with E-state index in [0.29, 0.717) is 0 Å². The topological polar surface area (TPSA) is 43.1 Å². The summed E-state index contributed by atoms with van der Waals surface area (Å²) in [5, 5.41) is 11.2. The summed E-state index contributed by atoms with van der Waals surface area (Å²) in [6, 6.07) is 3.74. The van der Waals surface area contributed by atoms with Gasteiger partial charge in [0.25, 0.3) is 0 Å². The third kappa shape index (κ3) is 1.78. The van der Waals surface area contributed by atoms with Gasteiger partial charge in [0.15, 0.2) is 0 Å². The SMILES string of the molecule is Cl.Cl.c1cnn2nncc2c1. The Morgan fingerprint density at radius 2 is 2.09 bits per heavy atom. The van der Waals surface area contributed by atoms with Crippen LogP contribution in [0.2, 0.25) is 0 Å². The highest BCUT2D eigenvalue weighted by Gasteiger charge is 1.88. The Bertz CT molecular complexity index is 290. The molecular weight excluding hydrogens is 187 g/mol. The van der Waals surface area contributed by atoms with Crippen LogP contribution in [0, 0.1) is 0 Å². The van der Waals surface area contributed by atoms with E-state index in [1.165, 1.54) is 4.63 Å². The molecule has 0 radical (unpaired) electrons. The van der Waals surface area contributed by atoms with Crippen LogP contribution in [0.5, 0.6) is 0 Å². The predicted octanol–water partition coefficient (Wildman–Crippen LogP) is 0.968. The second kappa shape index (κ2) is 4.10. The van der Waals surface area contributed by atoms with Crippen LogP contribution in [-0.4, -0.2) is 20.0 Å². The molecule has 6 heteroatoms. The lowest BCUT2D eigenvalue weighted by Crippen LogP contribution is -1.90. The quantitative estimate of drug-likeness (QED) is 0.625. The number of hydrogen-bond acceptors (Lipinski definition) is 3. The van der Waals surface area contributed by atoms with Crippen LogP contribution in [0.25, 0.3) is 5.52 Å². The largest absolute Gasteiger partial charge is 0.157 e. The van der Waals surface area contributed by atoms with Crippen molar-refractivity contribution in [2.45, 2.75) is 0 Å². The Labute approximate surface area is 75.4 Å². The molecule has 0 saturated heterocycles. The predicted molar refractivity (Wildman–Crippen MR) is 45.3 cm³/mol. The first-order chi connectivity index (χ1) is 4.47. The van der Waals surface area contributed by atoms with Crippen molar-refractivity contribution in [3.05, 3.63) is 24.5 Å². The fraction of sp³-hybridized carbons (Fsp3) is 0. The molecule has 0 spiro atoms. The van der Waals surface area contributed by atoms with Gasteiger partial charge in [-0.05, 0) is 17.3 Å². The van der Waals surface area contributed by atoms with Crippen LogP contribution in [0.1, 0.15) is 0 Å². The molecule has 0 aliphatic heterocycles. The van der Waals surface area contributed by atoms with Crippen LogP contribution in [-0.2, 0) is 0 Å². The van der Waals surface area contributed by atoms with Gasteiger partial charge in [-0.2, -0.15) is 5.10 Å². The maximum absolute atomic E-state index is 3.88. The Kier molecular flexibility index (Phi) is 3.78. The third-order valence-electron chi connectivity index (χ3n) is 1.09. The Balaban J connectivity index is 0.000000500. The van der Waals surface area contributed by atoms with E-state index in [9.17, 15) is 0 Å². The Hall–Kier alpha value is -0.870. The first kappa shape index (κ1) is 10.1. The monoisotopic (exact) mass is 192 g/mol. The molecule has 2 aromatic heterocycles. The average molecular weight is 193 g/mol. The van der Waals surface area contributed by atoms with Gasteiger partial charge < -0.3 is 0 Å². The number of aromatic nitrogens is 4. The molecule has 2 heterocycles. The summed E-state index contributed by atoms with van der Waals surface area (Å²) in [6.07, 6.45) is 3.33. The van der Waals surface area contributed by atoms with E-state index in [1.54, 1.807) is 12.4 Å². The zero-order valence-corrected chi connectivity index (χ0v) is 7.05. The number of hydrogen-bond donors (Lipinski definition) is 0. The number of nitrogens with zero attached hydrogens (tertiary/aromatic N) is 4. The van der Waals surface area contributed by atoms with E-state index in [4.69, 9.17) is 0 Å². The fourth-order valence-electron chi connectivity index (χ4n) is 0.680. The molecule has 2 aromatic rings. The highest BCUT2D eigenvalue weighted by molar-refractivity contribution is 5.85. The molecule has 0 saturated carbocycles. The third-order valence-corrected chi connectivity index (χ3v) is 1.09. The molecule has 0 amide bonds. The second-order valence-electron chi connectivity index (χ2n) is 1.67. The molecule has 0 bridgehead atoms. The Morgan fingerprint density at radius 3 is 2.82 bits per heavy atom. The van der Waals surface area contributed by atoms with Gasteiger partial charge in [-0.15, -0.1) is 34.5 Å². The molecule has 2 rings (SSSR count). The normalized spacial score (nSPS) is 8.36. The highest BCUT2D eigenvalue weighted by Crippen LogP contribution is 1.92. The first-order valence-corrected chi connectivity index (χ1v) is 2.58. The summed E-state index contributed by atoms with van der Waals surface area (Å²) >= 11 is 0. The van der Waals surface area contributed by atoms with Crippen LogP contribution < -0.4 is 0 Å². The van der Waals surface area contributed by atoms with Crippen molar-refractivity contribution in [3.8, 4) is 0 Å². The minimum Gasteiger partial charge on any atom is -0.157 e. The summed E-state index contributed by atoms with van der Waals surface area (Å²) < 4.78 is 1.47. The van der Waals surface area contributed by atoms with E-state index in [1.807, 2.05) is 12.1 Å². The molecule has 0 N–H and O–H groups in total. The maximum Gasteiger partial charge on any atom is 0.108 e. The summed E-state index contributed by atoms with van der Waals surface area (Å²) in [5.74, 6) is 0. The van der Waals surface area contributed by atoms with Crippen molar-refractivity contribution in [1.29, 1.82) is 0 Å². The van der Waals surface area contributed by atoms with Gasteiger partial charge in [0.1, 0.15) is 5.52 Å². The van der Waals surface area contributed by atoms with Crippen molar-refractivity contribution in [2.75, 3.05) is 0 Å². The summed E-state index contributed by atoms with van der Waals surface area (Å²) in [7, 11) is 0. The van der Waals surface area contributed by atoms with Gasteiger partial charge in [-0.3, -0.25) is 0 Å². The smallest absolute Gasteiger partial charge is 0.108 e. The van der Waals surface area contributed by atoms with Crippen molar-refractivity contribution < 1.29 is 0 Å². The van der Waals surface area contributed by atoms with Crippen molar-refractivity contribution in [3.63, 3.8) is 0 Å². The van der Waals surface area contributed by atoms with Crippen LogP contribution in [0.3, 0.4) is 0 Å². The lowest BCUT2D eigenvalue weighted by molar-refractivity contribution is 0.743.